The zero-order valence-corrected chi connectivity index (χ0v) is 11.1. The molecular weight excluding hydrogens is 276 g/mol. The Morgan fingerprint density at radius 3 is 2.56 bits per heavy atom. The van der Waals surface area contributed by atoms with Gasteiger partial charge in [0.05, 0.1) is 6.54 Å². The quantitative estimate of drug-likeness (QED) is 0.679. The number of halogens is 3. The summed E-state index contributed by atoms with van der Waals surface area (Å²) in [5.41, 5.74) is 0. The van der Waals surface area contributed by atoms with Gasteiger partial charge in [0.1, 0.15) is 0 Å². The van der Waals surface area contributed by atoms with Crippen LogP contribution >= 0.6 is 15.9 Å². The van der Waals surface area contributed by atoms with Crippen LogP contribution in [-0.4, -0.2) is 36.3 Å². The monoisotopic (exact) mass is 295 g/mol. The van der Waals surface area contributed by atoms with Crippen molar-refractivity contribution in [1.29, 1.82) is 0 Å². The Balaban J connectivity index is 1.80. The fraction of sp³-hybridized carbons (Fsp3) is 1.00. The Morgan fingerprint density at radius 1 is 1.25 bits per heavy atom. The molecule has 3 unspecified atom stereocenters. The molecule has 0 aromatic carbocycles. The number of fused-ring (bicyclic) bond motifs is 2. The molecule has 0 N–H and O–H groups in total. The van der Waals surface area contributed by atoms with Gasteiger partial charge in [-0.25, -0.2) is 8.78 Å². The van der Waals surface area contributed by atoms with Crippen molar-refractivity contribution in [2.75, 3.05) is 25.0 Å². The largest absolute Gasteiger partial charge is 0.297 e. The lowest BCUT2D eigenvalue weighted by atomic mass is 9.88. The van der Waals surface area contributed by atoms with Crippen LogP contribution in [0.4, 0.5) is 8.78 Å². The summed E-state index contributed by atoms with van der Waals surface area (Å²) in [5.74, 6) is 2.43. The summed E-state index contributed by atoms with van der Waals surface area (Å²) in [7, 11) is 0. The van der Waals surface area contributed by atoms with Crippen LogP contribution in [0.5, 0.6) is 0 Å². The molecule has 0 radical (unpaired) electrons. The average molecular weight is 296 g/mol. The van der Waals surface area contributed by atoms with Gasteiger partial charge in [-0.3, -0.25) is 4.90 Å². The van der Waals surface area contributed by atoms with Crippen LogP contribution in [0.3, 0.4) is 0 Å². The van der Waals surface area contributed by atoms with Gasteiger partial charge in [0.2, 0.25) is 0 Å². The van der Waals surface area contributed by atoms with Gasteiger partial charge in [0.25, 0.3) is 6.43 Å². The molecule has 0 amide bonds. The SMILES string of the molecule is FC(F)CN(CCBr)CC1CC2CCC1C2. The molecule has 2 aliphatic rings. The Kier molecular flexibility index (Phi) is 4.59. The van der Waals surface area contributed by atoms with E-state index in [2.05, 4.69) is 15.9 Å². The molecule has 1 nitrogen and oxygen atoms in total. The summed E-state index contributed by atoms with van der Waals surface area (Å²) >= 11 is 3.34. The van der Waals surface area contributed by atoms with E-state index in [0.29, 0.717) is 5.92 Å². The second kappa shape index (κ2) is 5.76. The van der Waals surface area contributed by atoms with Gasteiger partial charge >= 0.3 is 0 Å². The number of hydrogen-bond acceptors (Lipinski definition) is 1. The van der Waals surface area contributed by atoms with Crippen molar-refractivity contribution in [3.63, 3.8) is 0 Å². The third-order valence-corrected chi connectivity index (χ3v) is 4.53. The molecule has 0 aliphatic heterocycles. The first kappa shape index (κ1) is 12.7. The van der Waals surface area contributed by atoms with Crippen LogP contribution in [0.2, 0.25) is 0 Å². The Hall–Kier alpha value is 0.300. The van der Waals surface area contributed by atoms with Gasteiger partial charge in [0, 0.05) is 18.4 Å². The maximum atomic E-state index is 12.4. The lowest BCUT2D eigenvalue weighted by Gasteiger charge is -2.29. The Morgan fingerprint density at radius 2 is 2.06 bits per heavy atom. The van der Waals surface area contributed by atoms with Crippen LogP contribution in [0.15, 0.2) is 0 Å². The summed E-state index contributed by atoms with van der Waals surface area (Å²) in [6.07, 6.45) is 3.17. The van der Waals surface area contributed by atoms with Gasteiger partial charge < -0.3 is 0 Å². The molecule has 0 aromatic rings. The molecular formula is C12H20BrF2N. The Bertz CT molecular complexity index is 225. The normalized spacial score (nSPS) is 33.2. The minimum absolute atomic E-state index is 0.0561. The molecule has 3 atom stereocenters. The van der Waals surface area contributed by atoms with E-state index in [1.807, 2.05) is 4.90 Å². The minimum Gasteiger partial charge on any atom is -0.297 e. The number of alkyl halides is 3. The second-order valence-corrected chi connectivity index (χ2v) is 6.07. The molecule has 2 fully saturated rings. The van der Waals surface area contributed by atoms with Crippen LogP contribution in [-0.2, 0) is 0 Å². The van der Waals surface area contributed by atoms with Gasteiger partial charge in [-0.05, 0) is 37.0 Å². The molecule has 0 spiro atoms. The van der Waals surface area contributed by atoms with E-state index < -0.39 is 6.43 Å². The number of hydrogen-bond donors (Lipinski definition) is 0. The zero-order chi connectivity index (χ0) is 11.5. The fourth-order valence-corrected chi connectivity index (χ4v) is 4.01. The lowest BCUT2D eigenvalue weighted by Crippen LogP contribution is -2.36. The van der Waals surface area contributed by atoms with Crippen LogP contribution in [0, 0.1) is 17.8 Å². The van der Waals surface area contributed by atoms with E-state index in [0.717, 1.165) is 30.3 Å². The van der Waals surface area contributed by atoms with Crippen molar-refractivity contribution in [3.8, 4) is 0 Å². The minimum atomic E-state index is -2.20. The van der Waals surface area contributed by atoms with E-state index >= 15 is 0 Å². The maximum absolute atomic E-state index is 12.4. The standard InChI is InChI=1S/C12H20BrF2N/c13-3-4-16(8-12(14)15)7-11-6-9-1-2-10(11)5-9/h9-12H,1-8H2. The van der Waals surface area contributed by atoms with Gasteiger partial charge in [-0.1, -0.05) is 22.4 Å². The topological polar surface area (TPSA) is 3.24 Å². The highest BCUT2D eigenvalue weighted by Crippen LogP contribution is 2.48. The molecule has 0 aromatic heterocycles. The van der Waals surface area contributed by atoms with E-state index in [1.165, 1.54) is 25.7 Å². The van der Waals surface area contributed by atoms with Crippen LogP contribution < -0.4 is 0 Å². The lowest BCUT2D eigenvalue weighted by molar-refractivity contribution is 0.0772. The van der Waals surface area contributed by atoms with E-state index in [1.54, 1.807) is 0 Å². The van der Waals surface area contributed by atoms with E-state index in [-0.39, 0.29) is 6.54 Å². The van der Waals surface area contributed by atoms with Crippen molar-refractivity contribution in [2.24, 2.45) is 17.8 Å². The Labute approximate surface area is 105 Å². The molecule has 94 valence electrons. The molecule has 2 rings (SSSR count). The predicted octanol–water partition coefficient (Wildman–Crippen LogP) is 3.38. The van der Waals surface area contributed by atoms with Gasteiger partial charge in [0.15, 0.2) is 0 Å². The van der Waals surface area contributed by atoms with E-state index in [4.69, 9.17) is 0 Å². The van der Waals surface area contributed by atoms with Gasteiger partial charge in [-0.2, -0.15) is 0 Å². The van der Waals surface area contributed by atoms with Gasteiger partial charge in [-0.15, -0.1) is 0 Å². The number of rotatable bonds is 6. The molecule has 4 heteroatoms. The molecule has 2 bridgehead atoms. The molecule has 2 aliphatic carbocycles. The van der Waals surface area contributed by atoms with Crippen molar-refractivity contribution >= 4 is 15.9 Å². The van der Waals surface area contributed by atoms with Crippen molar-refractivity contribution in [3.05, 3.63) is 0 Å². The van der Waals surface area contributed by atoms with Crippen molar-refractivity contribution in [2.45, 2.75) is 32.1 Å². The average Bonchev–Trinajstić information content (AvgIpc) is 2.78. The molecule has 2 saturated carbocycles. The molecule has 16 heavy (non-hydrogen) atoms. The van der Waals surface area contributed by atoms with Crippen LogP contribution in [0.25, 0.3) is 0 Å². The zero-order valence-electron chi connectivity index (χ0n) is 9.55. The highest BCUT2D eigenvalue weighted by Gasteiger charge is 2.39. The maximum Gasteiger partial charge on any atom is 0.251 e. The highest BCUT2D eigenvalue weighted by molar-refractivity contribution is 9.09. The summed E-state index contributed by atoms with van der Waals surface area (Å²) in [6, 6.07) is 0. The first-order valence-electron chi connectivity index (χ1n) is 6.25. The fourth-order valence-electron chi connectivity index (χ4n) is 3.50. The highest BCUT2D eigenvalue weighted by atomic mass is 79.9. The second-order valence-electron chi connectivity index (χ2n) is 5.27. The first-order chi connectivity index (χ1) is 7.69. The van der Waals surface area contributed by atoms with E-state index in [9.17, 15) is 8.78 Å². The summed E-state index contributed by atoms with van der Waals surface area (Å²) in [5, 5.41) is 0.792. The first-order valence-corrected chi connectivity index (χ1v) is 7.37. The summed E-state index contributed by atoms with van der Waals surface area (Å²) in [6.45, 7) is 1.58. The molecule has 0 heterocycles. The summed E-state index contributed by atoms with van der Waals surface area (Å²) < 4.78 is 24.8. The van der Waals surface area contributed by atoms with Crippen molar-refractivity contribution in [1.82, 2.24) is 4.90 Å². The van der Waals surface area contributed by atoms with Crippen LogP contribution in [0.1, 0.15) is 25.7 Å². The number of nitrogens with zero attached hydrogens (tertiary/aromatic N) is 1. The third kappa shape index (κ3) is 3.16. The summed E-state index contributed by atoms with van der Waals surface area (Å²) in [4.78, 5) is 1.94. The smallest absolute Gasteiger partial charge is 0.251 e. The predicted molar refractivity (Wildman–Crippen MR) is 65.2 cm³/mol. The molecule has 0 saturated heterocycles. The third-order valence-electron chi connectivity index (χ3n) is 4.17. The van der Waals surface area contributed by atoms with Crippen molar-refractivity contribution < 1.29 is 8.78 Å².